The molecular weight excluding hydrogens is 412 g/mol. The highest BCUT2D eigenvalue weighted by Crippen LogP contribution is 2.37. The predicted octanol–water partition coefficient (Wildman–Crippen LogP) is 0.0499. The molecule has 1 aliphatic rings. The molecule has 10 heteroatoms. The molecule has 31 heavy (non-hydrogen) atoms. The Labute approximate surface area is 174 Å². The first-order chi connectivity index (χ1) is 14.8. The fourth-order valence-corrected chi connectivity index (χ4v) is 3.40. The first-order valence-corrected chi connectivity index (χ1v) is 9.36. The van der Waals surface area contributed by atoms with Crippen LogP contribution in [-0.2, 0) is 4.74 Å². The number of phenols is 2. The minimum absolute atomic E-state index is 0.0362. The van der Waals surface area contributed by atoms with E-state index in [-0.39, 0.29) is 28.0 Å². The summed E-state index contributed by atoms with van der Waals surface area (Å²) >= 11 is 0. The molecule has 1 aliphatic heterocycles. The second-order valence-corrected chi connectivity index (χ2v) is 7.13. The number of hydrogen-bond donors (Lipinski definition) is 6. The summed E-state index contributed by atoms with van der Waals surface area (Å²) in [5, 5.41) is 59.1. The van der Waals surface area contributed by atoms with Crippen LogP contribution < -0.4 is 10.2 Å². The van der Waals surface area contributed by atoms with Gasteiger partial charge in [0, 0.05) is 0 Å². The van der Waals surface area contributed by atoms with Gasteiger partial charge in [0.1, 0.15) is 36.4 Å². The van der Waals surface area contributed by atoms with Gasteiger partial charge in [0.25, 0.3) is 0 Å². The van der Waals surface area contributed by atoms with Gasteiger partial charge in [-0.25, -0.2) is 0 Å². The molecule has 2 heterocycles. The Balaban J connectivity index is 1.75. The van der Waals surface area contributed by atoms with Gasteiger partial charge in [0.15, 0.2) is 11.3 Å². The van der Waals surface area contributed by atoms with Crippen LogP contribution in [0.3, 0.4) is 0 Å². The number of ether oxygens (including phenoxy) is 2. The number of phenolic OH excluding ortho intramolecular Hbond substituents is 2. The number of aliphatic hydroxyl groups excluding tert-OH is 4. The lowest BCUT2D eigenvalue weighted by Gasteiger charge is -2.39. The Hall–Kier alpha value is -3.15. The minimum Gasteiger partial charge on any atom is -0.508 e. The molecule has 0 saturated carbocycles. The van der Waals surface area contributed by atoms with Crippen molar-refractivity contribution < 1.29 is 44.5 Å². The summed E-state index contributed by atoms with van der Waals surface area (Å²) in [5.41, 5.74) is 0.130. The number of aromatic hydroxyl groups is 2. The maximum Gasteiger partial charge on any atom is 0.229 e. The molecule has 4 rings (SSSR count). The normalized spacial score (nSPS) is 26.1. The third-order valence-electron chi connectivity index (χ3n) is 5.14. The number of aliphatic hydroxyl groups is 4. The second kappa shape index (κ2) is 8.17. The van der Waals surface area contributed by atoms with Crippen LogP contribution in [0.4, 0.5) is 0 Å². The smallest absolute Gasteiger partial charge is 0.229 e. The zero-order valence-corrected chi connectivity index (χ0v) is 16.0. The van der Waals surface area contributed by atoms with Gasteiger partial charge in [-0.15, -0.1) is 0 Å². The van der Waals surface area contributed by atoms with Crippen molar-refractivity contribution in [3.05, 3.63) is 52.9 Å². The SMILES string of the molecule is O=c1c(-c2ccc(O)cc2)coc2c(O[C@@H]3O[C@H](CO)[C@H](O)[C@H](O)[C@H]3O)c(O)ccc12. The number of benzene rings is 2. The van der Waals surface area contributed by atoms with E-state index in [2.05, 4.69) is 0 Å². The van der Waals surface area contributed by atoms with Gasteiger partial charge in [-0.05, 0) is 29.8 Å². The molecular formula is C21H20O10. The minimum atomic E-state index is -1.71. The fraction of sp³-hybridized carbons (Fsp3) is 0.286. The summed E-state index contributed by atoms with van der Waals surface area (Å²) in [6, 6.07) is 8.45. The first-order valence-electron chi connectivity index (χ1n) is 9.36. The molecule has 0 aliphatic carbocycles. The molecule has 10 nitrogen and oxygen atoms in total. The average molecular weight is 432 g/mol. The van der Waals surface area contributed by atoms with Crippen molar-refractivity contribution in [2.24, 2.45) is 0 Å². The average Bonchev–Trinajstić information content (AvgIpc) is 2.76. The van der Waals surface area contributed by atoms with Crippen molar-refractivity contribution in [1.82, 2.24) is 0 Å². The largest absolute Gasteiger partial charge is 0.508 e. The monoisotopic (exact) mass is 432 g/mol. The Morgan fingerprint density at radius 3 is 2.32 bits per heavy atom. The van der Waals surface area contributed by atoms with Crippen LogP contribution in [-0.4, -0.2) is 68.0 Å². The number of fused-ring (bicyclic) bond motifs is 1. The van der Waals surface area contributed by atoms with E-state index >= 15 is 0 Å². The van der Waals surface area contributed by atoms with E-state index in [4.69, 9.17) is 13.9 Å². The van der Waals surface area contributed by atoms with E-state index in [1.165, 1.54) is 24.3 Å². The molecule has 1 aromatic heterocycles. The molecule has 5 atom stereocenters. The van der Waals surface area contributed by atoms with E-state index in [1.807, 2.05) is 0 Å². The topological polar surface area (TPSA) is 170 Å². The Morgan fingerprint density at radius 2 is 1.65 bits per heavy atom. The van der Waals surface area contributed by atoms with Crippen LogP contribution >= 0.6 is 0 Å². The fourth-order valence-electron chi connectivity index (χ4n) is 3.40. The van der Waals surface area contributed by atoms with Crippen LogP contribution in [0.5, 0.6) is 17.2 Å². The zero-order chi connectivity index (χ0) is 22.3. The van der Waals surface area contributed by atoms with Crippen LogP contribution in [0.1, 0.15) is 0 Å². The molecule has 164 valence electrons. The highest BCUT2D eigenvalue weighted by Gasteiger charge is 2.45. The molecule has 1 saturated heterocycles. The summed E-state index contributed by atoms with van der Waals surface area (Å²) in [6.07, 6.45) is -6.59. The lowest BCUT2D eigenvalue weighted by atomic mass is 9.99. The van der Waals surface area contributed by atoms with Crippen LogP contribution in [0, 0.1) is 0 Å². The standard InChI is InChI=1S/C21H20O10/c22-7-14-16(26)17(27)18(28)21(30-14)31-20-13(24)6-5-11-15(25)12(8-29-19(11)20)9-1-3-10(23)4-2-9/h1-6,8,14,16-18,21-24,26-28H,7H2/t14-,16+,17+,18-,21+/m1/s1. The van der Waals surface area contributed by atoms with Crippen molar-refractivity contribution in [3.63, 3.8) is 0 Å². The number of rotatable bonds is 4. The van der Waals surface area contributed by atoms with Gasteiger partial charge in [-0.1, -0.05) is 12.1 Å². The first kappa shape index (κ1) is 21.1. The summed E-state index contributed by atoms with van der Waals surface area (Å²) < 4.78 is 16.3. The molecule has 2 aromatic carbocycles. The van der Waals surface area contributed by atoms with Crippen molar-refractivity contribution in [2.45, 2.75) is 30.7 Å². The maximum atomic E-state index is 13.0. The second-order valence-electron chi connectivity index (χ2n) is 7.13. The predicted molar refractivity (Wildman–Crippen MR) is 106 cm³/mol. The summed E-state index contributed by atoms with van der Waals surface area (Å²) in [5.74, 6) is -0.713. The maximum absolute atomic E-state index is 13.0. The molecule has 6 N–H and O–H groups in total. The van der Waals surface area contributed by atoms with E-state index in [0.29, 0.717) is 5.56 Å². The van der Waals surface area contributed by atoms with Gasteiger partial charge in [0.2, 0.25) is 17.5 Å². The molecule has 0 unspecified atom stereocenters. The van der Waals surface area contributed by atoms with E-state index in [9.17, 15) is 35.4 Å². The Kier molecular flexibility index (Phi) is 5.56. The van der Waals surface area contributed by atoms with Gasteiger partial charge >= 0.3 is 0 Å². The molecule has 0 radical (unpaired) electrons. The third kappa shape index (κ3) is 3.71. The van der Waals surface area contributed by atoms with Crippen molar-refractivity contribution >= 4 is 11.0 Å². The van der Waals surface area contributed by atoms with Gasteiger partial charge < -0.3 is 44.5 Å². The van der Waals surface area contributed by atoms with Gasteiger partial charge in [-0.3, -0.25) is 4.79 Å². The molecule has 0 bridgehead atoms. The Morgan fingerprint density at radius 1 is 0.935 bits per heavy atom. The summed E-state index contributed by atoms with van der Waals surface area (Å²) in [4.78, 5) is 13.0. The highest BCUT2D eigenvalue weighted by molar-refractivity contribution is 5.88. The summed E-state index contributed by atoms with van der Waals surface area (Å²) in [6.45, 7) is -0.655. The molecule has 0 spiro atoms. The molecule has 1 fully saturated rings. The van der Waals surface area contributed by atoms with Crippen LogP contribution in [0.15, 0.2) is 51.9 Å². The third-order valence-corrected chi connectivity index (χ3v) is 5.14. The zero-order valence-electron chi connectivity index (χ0n) is 16.0. The van der Waals surface area contributed by atoms with Crippen LogP contribution in [0.2, 0.25) is 0 Å². The van der Waals surface area contributed by atoms with Crippen LogP contribution in [0.25, 0.3) is 22.1 Å². The lowest BCUT2D eigenvalue weighted by Crippen LogP contribution is -2.60. The van der Waals surface area contributed by atoms with Crippen molar-refractivity contribution in [1.29, 1.82) is 0 Å². The lowest BCUT2D eigenvalue weighted by molar-refractivity contribution is -0.277. The molecule has 0 amide bonds. The summed E-state index contributed by atoms with van der Waals surface area (Å²) in [7, 11) is 0. The van der Waals surface area contributed by atoms with Crippen molar-refractivity contribution in [3.8, 4) is 28.4 Å². The molecule has 3 aromatic rings. The van der Waals surface area contributed by atoms with Gasteiger partial charge in [0.05, 0.1) is 17.6 Å². The Bertz CT molecular complexity index is 1140. The van der Waals surface area contributed by atoms with Crippen molar-refractivity contribution in [2.75, 3.05) is 6.61 Å². The van der Waals surface area contributed by atoms with E-state index in [0.717, 1.165) is 6.26 Å². The highest BCUT2D eigenvalue weighted by atomic mass is 16.7. The van der Waals surface area contributed by atoms with Gasteiger partial charge in [-0.2, -0.15) is 0 Å². The number of hydrogen-bond acceptors (Lipinski definition) is 10. The van der Waals surface area contributed by atoms with E-state index < -0.39 is 48.5 Å². The van der Waals surface area contributed by atoms with E-state index in [1.54, 1.807) is 12.1 Å². The quantitative estimate of drug-likeness (QED) is 0.331.